The fourth-order valence-electron chi connectivity index (χ4n) is 4.11. The summed E-state index contributed by atoms with van der Waals surface area (Å²) in [6.07, 6.45) is 2.19. The number of nitrogens with one attached hydrogen (secondary N) is 1. The Kier molecular flexibility index (Phi) is 5.39. The summed E-state index contributed by atoms with van der Waals surface area (Å²) < 4.78 is 29.6. The maximum Gasteiger partial charge on any atom is 0.272 e. The van der Waals surface area contributed by atoms with Gasteiger partial charge < -0.3 is 9.88 Å². The Morgan fingerprint density at radius 1 is 1.10 bits per heavy atom. The van der Waals surface area contributed by atoms with Gasteiger partial charge >= 0.3 is 0 Å². The molecule has 31 heavy (non-hydrogen) atoms. The quantitative estimate of drug-likeness (QED) is 0.641. The summed E-state index contributed by atoms with van der Waals surface area (Å²) >= 11 is 0. The summed E-state index contributed by atoms with van der Waals surface area (Å²) in [5.74, 6) is -0.0863. The summed E-state index contributed by atoms with van der Waals surface area (Å²) in [4.78, 5) is 13.2. The van der Waals surface area contributed by atoms with E-state index in [-0.39, 0.29) is 16.7 Å². The molecule has 2 aromatic carbocycles. The second-order valence-electron chi connectivity index (χ2n) is 8.28. The van der Waals surface area contributed by atoms with Gasteiger partial charge in [-0.05, 0) is 48.1 Å². The molecule has 0 spiro atoms. The van der Waals surface area contributed by atoms with E-state index in [9.17, 15) is 13.2 Å². The Hall–Kier alpha value is -3.06. The highest BCUT2D eigenvalue weighted by molar-refractivity contribution is 7.92. The number of fused-ring (bicyclic) bond motifs is 1. The number of nitrogens with zero attached hydrogens (tertiary/aromatic N) is 2. The van der Waals surface area contributed by atoms with Crippen molar-refractivity contribution in [1.29, 1.82) is 0 Å². The number of benzene rings is 2. The molecule has 1 amide bonds. The van der Waals surface area contributed by atoms with Crippen molar-refractivity contribution in [2.24, 2.45) is 7.05 Å². The van der Waals surface area contributed by atoms with Crippen LogP contribution in [0.2, 0.25) is 0 Å². The van der Waals surface area contributed by atoms with Crippen LogP contribution in [0.15, 0.2) is 59.6 Å². The van der Waals surface area contributed by atoms with E-state index >= 15 is 0 Å². The standard InChI is InChI=1S/C24H27N3O3S/c1-16(2)20-10-7-8-17(3)23(20)25-24(28)22-14-19(15-26(22)4)31(29,30)27-13-12-18-9-5-6-11-21(18)27/h5-11,14-16H,12-13H2,1-4H3,(H,25,28). The number of hydrogen-bond donors (Lipinski definition) is 1. The molecule has 1 N–H and O–H groups in total. The van der Waals surface area contributed by atoms with E-state index in [1.807, 2.05) is 49.4 Å². The first kappa shape index (κ1) is 21.2. The molecular weight excluding hydrogens is 410 g/mol. The second-order valence-corrected chi connectivity index (χ2v) is 10.1. The number of hydrogen-bond acceptors (Lipinski definition) is 3. The molecule has 0 radical (unpaired) electrons. The SMILES string of the molecule is Cc1cccc(C(C)C)c1NC(=O)c1cc(S(=O)(=O)N2CCc3ccccc32)cn1C. The zero-order chi connectivity index (χ0) is 22.3. The Labute approximate surface area is 183 Å². The van der Waals surface area contributed by atoms with E-state index in [2.05, 4.69) is 19.2 Å². The van der Waals surface area contributed by atoms with Crippen molar-refractivity contribution in [3.05, 3.63) is 77.1 Å². The van der Waals surface area contributed by atoms with Crippen LogP contribution in [0.25, 0.3) is 0 Å². The van der Waals surface area contributed by atoms with E-state index in [1.54, 1.807) is 11.6 Å². The largest absolute Gasteiger partial charge is 0.345 e. The van der Waals surface area contributed by atoms with Gasteiger partial charge in [-0.1, -0.05) is 50.2 Å². The van der Waals surface area contributed by atoms with Gasteiger partial charge in [0.2, 0.25) is 0 Å². The fourth-order valence-corrected chi connectivity index (χ4v) is 5.68. The topological polar surface area (TPSA) is 71.4 Å². The van der Waals surface area contributed by atoms with Crippen molar-refractivity contribution in [2.45, 2.75) is 38.0 Å². The molecule has 0 aliphatic carbocycles. The third-order valence-corrected chi connectivity index (χ3v) is 7.59. The first-order valence-electron chi connectivity index (χ1n) is 10.4. The normalized spacial score (nSPS) is 13.5. The van der Waals surface area contributed by atoms with Crippen molar-refractivity contribution >= 4 is 27.3 Å². The van der Waals surface area contributed by atoms with Gasteiger partial charge in [-0.3, -0.25) is 9.10 Å². The molecule has 162 valence electrons. The second kappa shape index (κ2) is 7.89. The molecule has 1 aromatic heterocycles. The highest BCUT2D eigenvalue weighted by Crippen LogP contribution is 2.33. The summed E-state index contributed by atoms with van der Waals surface area (Å²) in [6, 6.07) is 14.9. The van der Waals surface area contributed by atoms with E-state index in [0.717, 1.165) is 22.4 Å². The lowest BCUT2D eigenvalue weighted by molar-refractivity contribution is 0.101. The van der Waals surface area contributed by atoms with E-state index in [4.69, 9.17) is 0 Å². The van der Waals surface area contributed by atoms with Gasteiger partial charge in [-0.15, -0.1) is 0 Å². The average Bonchev–Trinajstić information content (AvgIpc) is 3.33. The number of amides is 1. The zero-order valence-electron chi connectivity index (χ0n) is 18.2. The predicted molar refractivity (Wildman–Crippen MR) is 123 cm³/mol. The molecule has 6 nitrogen and oxygen atoms in total. The van der Waals surface area contributed by atoms with Crippen molar-refractivity contribution < 1.29 is 13.2 Å². The minimum absolute atomic E-state index is 0.116. The molecule has 2 heterocycles. The van der Waals surface area contributed by atoms with E-state index < -0.39 is 10.0 Å². The first-order valence-corrected chi connectivity index (χ1v) is 11.8. The van der Waals surface area contributed by atoms with Crippen molar-refractivity contribution in [1.82, 2.24) is 4.57 Å². The van der Waals surface area contributed by atoms with Crippen LogP contribution in [0.4, 0.5) is 11.4 Å². The minimum Gasteiger partial charge on any atom is -0.345 e. The average molecular weight is 438 g/mol. The molecule has 0 bridgehead atoms. The molecule has 0 fully saturated rings. The predicted octanol–water partition coefficient (Wildman–Crippen LogP) is 4.46. The fraction of sp³-hybridized carbons (Fsp3) is 0.292. The number of para-hydroxylation sites is 2. The lowest BCUT2D eigenvalue weighted by Gasteiger charge is -2.18. The van der Waals surface area contributed by atoms with Crippen molar-refractivity contribution in [3.8, 4) is 0 Å². The van der Waals surface area contributed by atoms with Gasteiger partial charge in [-0.2, -0.15) is 0 Å². The lowest BCUT2D eigenvalue weighted by atomic mass is 9.98. The molecule has 1 aliphatic heterocycles. The summed E-state index contributed by atoms with van der Waals surface area (Å²) in [5, 5.41) is 3.00. The number of carbonyl (C=O) groups is 1. The van der Waals surface area contributed by atoms with Crippen LogP contribution in [0.1, 0.15) is 46.9 Å². The van der Waals surface area contributed by atoms with Gasteiger partial charge in [0.25, 0.3) is 15.9 Å². The summed E-state index contributed by atoms with van der Waals surface area (Å²) in [5.41, 5.74) is 4.81. The van der Waals surface area contributed by atoms with Crippen molar-refractivity contribution in [2.75, 3.05) is 16.2 Å². The molecule has 7 heteroatoms. The number of aryl methyl sites for hydroxylation is 2. The Bertz CT molecular complexity index is 1260. The molecular formula is C24H27N3O3S. The smallest absolute Gasteiger partial charge is 0.272 e. The Morgan fingerprint density at radius 3 is 2.58 bits per heavy atom. The molecule has 0 atom stereocenters. The van der Waals surface area contributed by atoms with Gasteiger partial charge in [0.1, 0.15) is 10.6 Å². The lowest BCUT2D eigenvalue weighted by Crippen LogP contribution is -2.28. The minimum atomic E-state index is -3.76. The third-order valence-electron chi connectivity index (χ3n) is 5.81. The Morgan fingerprint density at radius 2 is 1.84 bits per heavy atom. The first-order chi connectivity index (χ1) is 14.7. The summed E-state index contributed by atoms with van der Waals surface area (Å²) in [6.45, 7) is 6.50. The number of anilines is 2. The molecule has 3 aromatic rings. The summed E-state index contributed by atoms with van der Waals surface area (Å²) in [7, 11) is -2.07. The van der Waals surface area contributed by atoms with Crippen molar-refractivity contribution in [3.63, 3.8) is 0 Å². The number of sulfonamides is 1. The van der Waals surface area contributed by atoms with Gasteiger partial charge in [0.15, 0.2) is 0 Å². The molecule has 0 unspecified atom stereocenters. The number of aromatic nitrogens is 1. The molecule has 1 aliphatic rings. The number of rotatable bonds is 5. The maximum absolute atomic E-state index is 13.3. The zero-order valence-corrected chi connectivity index (χ0v) is 19.0. The molecule has 0 saturated carbocycles. The maximum atomic E-state index is 13.3. The van der Waals surface area contributed by atoms with Crippen LogP contribution >= 0.6 is 0 Å². The highest BCUT2D eigenvalue weighted by atomic mass is 32.2. The molecule has 4 rings (SSSR count). The highest BCUT2D eigenvalue weighted by Gasteiger charge is 2.32. The van der Waals surface area contributed by atoms with Crippen LogP contribution in [-0.2, 0) is 23.5 Å². The van der Waals surface area contributed by atoms with Gasteiger partial charge in [0.05, 0.1) is 5.69 Å². The van der Waals surface area contributed by atoms with Crippen LogP contribution < -0.4 is 9.62 Å². The van der Waals surface area contributed by atoms with Crippen LogP contribution in [-0.4, -0.2) is 25.4 Å². The van der Waals surface area contributed by atoms with E-state index in [1.165, 1.54) is 16.6 Å². The van der Waals surface area contributed by atoms with Crippen LogP contribution in [0.5, 0.6) is 0 Å². The van der Waals surface area contributed by atoms with Gasteiger partial charge in [-0.25, -0.2) is 8.42 Å². The van der Waals surface area contributed by atoms with E-state index in [0.29, 0.717) is 24.3 Å². The third kappa shape index (κ3) is 3.74. The molecule has 0 saturated heterocycles. The van der Waals surface area contributed by atoms with Crippen LogP contribution in [0.3, 0.4) is 0 Å². The Balaban J connectivity index is 1.65. The van der Waals surface area contributed by atoms with Gasteiger partial charge in [0, 0.05) is 25.5 Å². The van der Waals surface area contributed by atoms with Crippen LogP contribution in [0, 0.1) is 6.92 Å². The monoisotopic (exact) mass is 437 g/mol. The number of carbonyl (C=O) groups excluding carboxylic acids is 1.